The van der Waals surface area contributed by atoms with E-state index in [1.54, 1.807) is 0 Å². The first kappa shape index (κ1) is 33.5. The molecular formula is C57H38N2. The van der Waals surface area contributed by atoms with Gasteiger partial charge in [0.1, 0.15) is 0 Å². The highest BCUT2D eigenvalue weighted by Gasteiger charge is 2.53. The van der Waals surface area contributed by atoms with Crippen LogP contribution in [0.25, 0.3) is 43.8 Å². The van der Waals surface area contributed by atoms with Crippen LogP contribution < -0.4 is 9.80 Å². The molecule has 0 radical (unpaired) electrons. The minimum absolute atomic E-state index is 0.517. The minimum Gasteiger partial charge on any atom is -0.310 e. The number of rotatable bonds is 6. The standard InChI is InChI=1S/C57H38N2/c1-5-17-41(18-6-1)58(42-19-7-2-8-20-42)45-31-35-47-39(37-45)29-33-51-52-34-30-40-38-46(59(43-21-9-3-10-22-43)44-23-11-4-12-24-44)32-36-48(40)56(52)57(55(47)51)53-27-15-13-25-49(53)50-26-14-16-28-54(50)57/h1-38H. The Morgan fingerprint density at radius 1 is 0.254 bits per heavy atom. The molecule has 2 aliphatic carbocycles. The van der Waals surface area contributed by atoms with Crippen LogP contribution in [-0.4, -0.2) is 0 Å². The van der Waals surface area contributed by atoms with E-state index in [0.29, 0.717) is 0 Å². The van der Waals surface area contributed by atoms with Crippen LogP contribution in [0.1, 0.15) is 22.3 Å². The van der Waals surface area contributed by atoms with Crippen LogP contribution in [0, 0.1) is 0 Å². The maximum absolute atomic E-state index is 2.39. The van der Waals surface area contributed by atoms with Gasteiger partial charge in [-0.15, -0.1) is 0 Å². The molecule has 0 saturated heterocycles. The molecule has 0 saturated carbocycles. The minimum atomic E-state index is -0.517. The highest BCUT2D eigenvalue weighted by Crippen LogP contribution is 2.65. The Bertz CT molecular complexity index is 2910. The summed E-state index contributed by atoms with van der Waals surface area (Å²) < 4.78 is 0. The van der Waals surface area contributed by atoms with Gasteiger partial charge in [-0.3, -0.25) is 0 Å². The van der Waals surface area contributed by atoms with Crippen molar-refractivity contribution in [3.8, 4) is 22.3 Å². The summed E-state index contributed by atoms with van der Waals surface area (Å²) in [5.41, 5.74) is 16.9. The van der Waals surface area contributed by atoms with Crippen molar-refractivity contribution in [2.24, 2.45) is 0 Å². The SMILES string of the molecule is c1ccc(N(c2ccccc2)c2ccc3c4c(ccc3c2)-c2ccc3cc(N(c5ccccc5)c5ccccc5)ccc3c2C42c3ccccc3-c3ccccc32)cc1. The van der Waals surface area contributed by atoms with E-state index in [-0.39, 0.29) is 0 Å². The van der Waals surface area contributed by atoms with Gasteiger partial charge in [-0.2, -0.15) is 0 Å². The highest BCUT2D eigenvalue weighted by atomic mass is 15.1. The van der Waals surface area contributed by atoms with Gasteiger partial charge >= 0.3 is 0 Å². The normalized spacial score (nSPS) is 12.9. The fraction of sp³-hybridized carbons (Fsp3) is 0.0175. The average molecular weight is 751 g/mol. The summed E-state index contributed by atoms with van der Waals surface area (Å²) in [5.74, 6) is 0. The third kappa shape index (κ3) is 4.93. The Labute approximate surface area is 344 Å². The molecule has 2 aliphatic rings. The first-order chi connectivity index (χ1) is 29.3. The zero-order valence-electron chi connectivity index (χ0n) is 32.3. The van der Waals surface area contributed by atoms with Crippen LogP contribution in [-0.2, 0) is 5.41 Å². The van der Waals surface area contributed by atoms with Crippen molar-refractivity contribution in [1.82, 2.24) is 0 Å². The molecule has 0 aliphatic heterocycles. The first-order valence-electron chi connectivity index (χ1n) is 20.4. The lowest BCUT2D eigenvalue weighted by molar-refractivity contribution is 0.809. The molecule has 2 heteroatoms. The van der Waals surface area contributed by atoms with E-state index in [1.165, 1.54) is 66.1 Å². The molecule has 59 heavy (non-hydrogen) atoms. The van der Waals surface area contributed by atoms with Crippen molar-refractivity contribution in [1.29, 1.82) is 0 Å². The van der Waals surface area contributed by atoms with Crippen LogP contribution >= 0.6 is 0 Å². The molecule has 2 nitrogen and oxygen atoms in total. The lowest BCUT2D eigenvalue weighted by Gasteiger charge is -2.33. The van der Waals surface area contributed by atoms with Gasteiger partial charge in [-0.05, 0) is 139 Å². The summed E-state index contributed by atoms with van der Waals surface area (Å²) >= 11 is 0. The fourth-order valence-electron chi connectivity index (χ4n) is 10.3. The van der Waals surface area contributed by atoms with Crippen molar-refractivity contribution in [3.63, 3.8) is 0 Å². The Morgan fingerprint density at radius 3 is 0.966 bits per heavy atom. The zero-order chi connectivity index (χ0) is 38.9. The first-order valence-corrected chi connectivity index (χ1v) is 20.4. The molecule has 12 rings (SSSR count). The van der Waals surface area contributed by atoms with Crippen LogP contribution in [0.4, 0.5) is 34.1 Å². The quantitative estimate of drug-likeness (QED) is 0.167. The molecule has 0 aromatic heterocycles. The van der Waals surface area contributed by atoms with Gasteiger partial charge in [0.05, 0.1) is 5.41 Å². The predicted octanol–water partition coefficient (Wildman–Crippen LogP) is 15.3. The van der Waals surface area contributed by atoms with Crippen LogP contribution in [0.3, 0.4) is 0 Å². The highest BCUT2D eigenvalue weighted by molar-refractivity contribution is 6.10. The molecule has 0 bridgehead atoms. The summed E-state index contributed by atoms with van der Waals surface area (Å²) in [7, 11) is 0. The number of fused-ring (bicyclic) bond motifs is 14. The summed E-state index contributed by atoms with van der Waals surface area (Å²) in [4.78, 5) is 4.72. The van der Waals surface area contributed by atoms with Crippen molar-refractivity contribution >= 4 is 55.7 Å². The zero-order valence-corrected chi connectivity index (χ0v) is 32.3. The van der Waals surface area contributed by atoms with Crippen molar-refractivity contribution in [3.05, 3.63) is 253 Å². The number of nitrogens with zero attached hydrogens (tertiary/aromatic N) is 2. The molecule has 0 unspecified atom stereocenters. The van der Waals surface area contributed by atoms with E-state index >= 15 is 0 Å². The van der Waals surface area contributed by atoms with Crippen molar-refractivity contribution in [2.75, 3.05) is 9.80 Å². The third-order valence-electron chi connectivity index (χ3n) is 12.6. The van der Waals surface area contributed by atoms with Gasteiger partial charge in [-0.25, -0.2) is 0 Å². The number of benzene rings is 10. The van der Waals surface area contributed by atoms with Gasteiger partial charge < -0.3 is 9.80 Å². The van der Waals surface area contributed by atoms with E-state index < -0.39 is 5.41 Å². The van der Waals surface area contributed by atoms with Crippen molar-refractivity contribution < 1.29 is 0 Å². The summed E-state index contributed by atoms with van der Waals surface area (Å²) in [6.45, 7) is 0. The molecular weight excluding hydrogens is 713 g/mol. The Balaban J connectivity index is 1.12. The average Bonchev–Trinajstić information content (AvgIpc) is 3.78. The molecule has 10 aromatic carbocycles. The lowest BCUT2D eigenvalue weighted by atomic mass is 9.68. The lowest BCUT2D eigenvalue weighted by Crippen LogP contribution is -2.26. The fourth-order valence-corrected chi connectivity index (χ4v) is 10.3. The van der Waals surface area contributed by atoms with Crippen molar-refractivity contribution in [2.45, 2.75) is 5.41 Å². The smallest absolute Gasteiger partial charge is 0.0737 e. The maximum atomic E-state index is 2.39. The number of hydrogen-bond donors (Lipinski definition) is 0. The largest absolute Gasteiger partial charge is 0.310 e. The van der Waals surface area contributed by atoms with Gasteiger partial charge in [-0.1, -0.05) is 158 Å². The topological polar surface area (TPSA) is 6.48 Å². The van der Waals surface area contributed by atoms with E-state index in [1.807, 2.05) is 0 Å². The molecule has 276 valence electrons. The van der Waals surface area contributed by atoms with Crippen LogP contribution in [0.2, 0.25) is 0 Å². The number of anilines is 6. The van der Waals surface area contributed by atoms with Gasteiger partial charge in [0, 0.05) is 34.1 Å². The second kappa shape index (κ2) is 13.2. The Morgan fingerprint density at radius 2 is 0.593 bits per heavy atom. The molecule has 0 N–H and O–H groups in total. The van der Waals surface area contributed by atoms with Gasteiger partial charge in [0.15, 0.2) is 0 Å². The molecule has 10 aromatic rings. The van der Waals surface area contributed by atoms with E-state index in [2.05, 4.69) is 240 Å². The van der Waals surface area contributed by atoms with E-state index in [0.717, 1.165) is 34.1 Å². The summed E-state index contributed by atoms with van der Waals surface area (Å²) in [6, 6.07) is 84.6. The van der Waals surface area contributed by atoms with Crippen LogP contribution in [0.5, 0.6) is 0 Å². The molecule has 0 fully saturated rings. The molecule has 0 atom stereocenters. The Hall–Kier alpha value is -7.68. The number of hydrogen-bond acceptors (Lipinski definition) is 2. The summed E-state index contributed by atoms with van der Waals surface area (Å²) in [6.07, 6.45) is 0. The molecule has 1 spiro atoms. The third-order valence-corrected chi connectivity index (χ3v) is 12.6. The van der Waals surface area contributed by atoms with Crippen LogP contribution in [0.15, 0.2) is 231 Å². The van der Waals surface area contributed by atoms with E-state index in [4.69, 9.17) is 0 Å². The number of para-hydroxylation sites is 4. The summed E-state index contributed by atoms with van der Waals surface area (Å²) in [5, 5.41) is 5.00. The Kier molecular flexibility index (Phi) is 7.48. The molecule has 0 heterocycles. The second-order valence-electron chi connectivity index (χ2n) is 15.6. The maximum Gasteiger partial charge on any atom is 0.0737 e. The van der Waals surface area contributed by atoms with Gasteiger partial charge in [0.2, 0.25) is 0 Å². The second-order valence-corrected chi connectivity index (χ2v) is 15.6. The monoisotopic (exact) mass is 750 g/mol. The van der Waals surface area contributed by atoms with Gasteiger partial charge in [0.25, 0.3) is 0 Å². The van der Waals surface area contributed by atoms with E-state index in [9.17, 15) is 0 Å². The molecule has 0 amide bonds. The predicted molar refractivity (Wildman–Crippen MR) is 247 cm³/mol.